The lowest BCUT2D eigenvalue weighted by Crippen LogP contribution is -2.29. The monoisotopic (exact) mass is 309 g/mol. The first kappa shape index (κ1) is 16.5. The zero-order valence-electron chi connectivity index (χ0n) is 13.1. The number of hydroxylamine groups is 2. The molecule has 1 aromatic rings. The fraction of sp³-hybridized carbons (Fsp3) is 0.529. The minimum Gasteiger partial charge on any atom is -0.350 e. The van der Waals surface area contributed by atoms with E-state index in [1.807, 2.05) is 36.3 Å². The van der Waals surface area contributed by atoms with E-state index >= 15 is 0 Å². The van der Waals surface area contributed by atoms with Crippen molar-refractivity contribution >= 4 is 11.6 Å². The highest BCUT2D eigenvalue weighted by Crippen LogP contribution is 2.34. The molecule has 0 saturated carbocycles. The zero-order valence-corrected chi connectivity index (χ0v) is 13.8. The largest absolute Gasteiger partial charge is 0.350 e. The van der Waals surface area contributed by atoms with Crippen molar-refractivity contribution in [3.05, 3.63) is 47.0 Å². The Morgan fingerprint density at radius 2 is 2.19 bits per heavy atom. The van der Waals surface area contributed by atoms with Gasteiger partial charge >= 0.3 is 0 Å². The van der Waals surface area contributed by atoms with Gasteiger partial charge in [-0.25, -0.2) is 0 Å². The van der Waals surface area contributed by atoms with Crippen LogP contribution in [0.5, 0.6) is 0 Å². The van der Waals surface area contributed by atoms with Crippen molar-refractivity contribution < 1.29 is 9.57 Å². The van der Waals surface area contributed by atoms with Crippen molar-refractivity contribution in [1.82, 2.24) is 5.06 Å². The number of rotatable bonds is 6. The predicted octanol–water partition coefficient (Wildman–Crippen LogP) is 4.42. The van der Waals surface area contributed by atoms with Gasteiger partial charge in [0.05, 0.1) is 13.2 Å². The Balaban J connectivity index is 1.93. The predicted molar refractivity (Wildman–Crippen MR) is 85.9 cm³/mol. The summed E-state index contributed by atoms with van der Waals surface area (Å²) < 4.78 is 5.87. The molecule has 1 aliphatic heterocycles. The van der Waals surface area contributed by atoms with Crippen LogP contribution >= 0.6 is 11.6 Å². The third-order valence-electron chi connectivity index (χ3n) is 3.57. The highest BCUT2D eigenvalue weighted by atomic mass is 35.5. The van der Waals surface area contributed by atoms with E-state index < -0.39 is 0 Å². The van der Waals surface area contributed by atoms with Crippen LogP contribution in [0.25, 0.3) is 0 Å². The molecule has 1 unspecified atom stereocenters. The third-order valence-corrected chi connectivity index (χ3v) is 3.94. The van der Waals surface area contributed by atoms with E-state index in [0.717, 1.165) is 29.1 Å². The molecule has 116 valence electrons. The molecule has 1 fully saturated rings. The van der Waals surface area contributed by atoms with Gasteiger partial charge in [0, 0.05) is 17.0 Å². The summed E-state index contributed by atoms with van der Waals surface area (Å²) in [5.41, 5.74) is 2.15. The Labute approximate surface area is 132 Å². The Bertz CT molecular complexity index is 501. The highest BCUT2D eigenvalue weighted by molar-refractivity contribution is 6.31. The molecule has 3 nitrogen and oxygen atoms in total. The maximum absolute atomic E-state index is 6.21. The number of ether oxygens (including phenoxy) is 1. The van der Waals surface area contributed by atoms with Crippen molar-refractivity contribution in [3.63, 3.8) is 0 Å². The topological polar surface area (TPSA) is 21.7 Å². The fourth-order valence-electron chi connectivity index (χ4n) is 2.35. The number of nitrogens with zero attached hydrogens (tertiary/aromatic N) is 1. The summed E-state index contributed by atoms with van der Waals surface area (Å²) >= 11 is 6.21. The van der Waals surface area contributed by atoms with Crippen LogP contribution in [0.15, 0.2) is 36.4 Å². The zero-order chi connectivity index (χ0) is 15.5. The summed E-state index contributed by atoms with van der Waals surface area (Å²) in [5.74, 6) is 0. The van der Waals surface area contributed by atoms with Gasteiger partial charge in [0.2, 0.25) is 0 Å². The molecule has 0 aromatic heterocycles. The molecule has 1 heterocycles. The van der Waals surface area contributed by atoms with E-state index in [-0.39, 0.29) is 11.7 Å². The Hall–Kier alpha value is -0.870. The smallest absolute Gasteiger partial charge is 0.183 e. The van der Waals surface area contributed by atoms with E-state index in [1.54, 1.807) is 0 Å². The lowest BCUT2D eigenvalue weighted by molar-refractivity contribution is -0.248. The van der Waals surface area contributed by atoms with Crippen LogP contribution in [0.3, 0.4) is 0 Å². The second-order valence-corrected chi connectivity index (χ2v) is 6.80. The van der Waals surface area contributed by atoms with Crippen molar-refractivity contribution in [2.45, 2.75) is 40.0 Å². The van der Waals surface area contributed by atoms with Gasteiger partial charge in [0.25, 0.3) is 0 Å². The molecular weight excluding hydrogens is 286 g/mol. The molecule has 1 atom stereocenters. The van der Waals surface area contributed by atoms with Crippen LogP contribution in [0.2, 0.25) is 5.02 Å². The number of halogens is 1. The van der Waals surface area contributed by atoms with Crippen LogP contribution in [-0.4, -0.2) is 24.5 Å². The van der Waals surface area contributed by atoms with Crippen molar-refractivity contribution in [2.75, 3.05) is 13.2 Å². The SMILES string of the molecule is C=C(C)CCOC1ON(Cc2ccccc2Cl)CC1(C)C. The maximum Gasteiger partial charge on any atom is 0.183 e. The Kier molecular flexibility index (Phi) is 5.44. The van der Waals surface area contributed by atoms with Crippen LogP contribution in [0.1, 0.15) is 32.8 Å². The second kappa shape index (κ2) is 6.93. The molecule has 2 rings (SSSR count). The summed E-state index contributed by atoms with van der Waals surface area (Å²) in [5, 5.41) is 2.71. The Morgan fingerprint density at radius 3 is 2.86 bits per heavy atom. The molecule has 0 amide bonds. The average Bonchev–Trinajstić information content (AvgIpc) is 2.66. The first-order valence-corrected chi connectivity index (χ1v) is 7.67. The molecule has 1 aromatic carbocycles. The summed E-state index contributed by atoms with van der Waals surface area (Å²) in [6, 6.07) is 7.85. The molecular formula is C17H24ClNO2. The second-order valence-electron chi connectivity index (χ2n) is 6.39. The van der Waals surface area contributed by atoms with E-state index in [2.05, 4.69) is 20.4 Å². The Morgan fingerprint density at radius 1 is 1.48 bits per heavy atom. The van der Waals surface area contributed by atoms with E-state index in [9.17, 15) is 0 Å². The maximum atomic E-state index is 6.21. The lowest BCUT2D eigenvalue weighted by Gasteiger charge is -2.23. The van der Waals surface area contributed by atoms with Crippen molar-refractivity contribution in [2.24, 2.45) is 5.41 Å². The molecule has 21 heavy (non-hydrogen) atoms. The molecule has 0 bridgehead atoms. The van der Waals surface area contributed by atoms with E-state index in [4.69, 9.17) is 21.2 Å². The molecule has 0 radical (unpaired) electrons. The number of benzene rings is 1. The number of hydrogen-bond donors (Lipinski definition) is 0. The average molecular weight is 310 g/mol. The minimum atomic E-state index is -0.223. The van der Waals surface area contributed by atoms with Crippen molar-refractivity contribution in [3.8, 4) is 0 Å². The van der Waals surface area contributed by atoms with Crippen LogP contribution in [-0.2, 0) is 16.1 Å². The highest BCUT2D eigenvalue weighted by Gasteiger charge is 2.41. The van der Waals surface area contributed by atoms with Gasteiger partial charge in [0.15, 0.2) is 6.29 Å². The molecule has 0 N–H and O–H groups in total. The summed E-state index contributed by atoms with van der Waals surface area (Å²) in [4.78, 5) is 5.94. The molecule has 1 aliphatic rings. The van der Waals surface area contributed by atoms with Gasteiger partial charge in [0.1, 0.15) is 0 Å². The van der Waals surface area contributed by atoms with Crippen LogP contribution < -0.4 is 0 Å². The molecule has 4 heteroatoms. The fourth-order valence-corrected chi connectivity index (χ4v) is 2.55. The summed E-state index contributed by atoms with van der Waals surface area (Å²) in [7, 11) is 0. The summed E-state index contributed by atoms with van der Waals surface area (Å²) in [6.45, 7) is 12.3. The first-order valence-electron chi connectivity index (χ1n) is 7.29. The molecule has 0 spiro atoms. The van der Waals surface area contributed by atoms with Gasteiger partial charge in [-0.15, -0.1) is 6.58 Å². The third kappa shape index (κ3) is 4.55. The van der Waals surface area contributed by atoms with E-state index in [1.165, 1.54) is 0 Å². The minimum absolute atomic E-state index is 0.0453. The number of hydrogen-bond acceptors (Lipinski definition) is 3. The van der Waals surface area contributed by atoms with Gasteiger partial charge < -0.3 is 4.74 Å². The van der Waals surface area contributed by atoms with Gasteiger partial charge in [-0.1, -0.05) is 49.2 Å². The van der Waals surface area contributed by atoms with Gasteiger partial charge in [-0.05, 0) is 25.0 Å². The van der Waals surface area contributed by atoms with Gasteiger partial charge in [-0.2, -0.15) is 5.06 Å². The normalized spacial score (nSPS) is 21.6. The molecule has 0 aliphatic carbocycles. The lowest BCUT2D eigenvalue weighted by atomic mass is 9.93. The van der Waals surface area contributed by atoms with Crippen molar-refractivity contribution in [1.29, 1.82) is 0 Å². The quantitative estimate of drug-likeness (QED) is 0.726. The molecule has 1 saturated heterocycles. The van der Waals surface area contributed by atoms with Crippen LogP contribution in [0, 0.1) is 5.41 Å². The summed E-state index contributed by atoms with van der Waals surface area (Å²) in [6.07, 6.45) is 0.639. The standard InChI is InChI=1S/C17H24ClNO2/c1-13(2)9-10-20-16-17(3,4)12-19(21-16)11-14-7-5-6-8-15(14)18/h5-8,16H,1,9-12H2,2-4H3. The van der Waals surface area contributed by atoms with Gasteiger partial charge in [-0.3, -0.25) is 4.84 Å². The first-order chi connectivity index (χ1) is 9.88. The van der Waals surface area contributed by atoms with E-state index in [0.29, 0.717) is 13.2 Å². The van der Waals surface area contributed by atoms with Crippen LogP contribution in [0.4, 0.5) is 0 Å².